The third-order valence-electron chi connectivity index (χ3n) is 6.66. The molecule has 2 nitrogen and oxygen atoms in total. The van der Waals surface area contributed by atoms with E-state index in [0.29, 0.717) is 0 Å². The summed E-state index contributed by atoms with van der Waals surface area (Å²) in [5, 5.41) is 0. The maximum atomic E-state index is 11.6. The Labute approximate surface area is 137 Å². The van der Waals surface area contributed by atoms with Crippen LogP contribution in [0.4, 0.5) is 0 Å². The number of carbonyl (C=O) groups excluding carboxylic acids is 1. The van der Waals surface area contributed by atoms with Crippen LogP contribution in [0.5, 0.6) is 0 Å². The summed E-state index contributed by atoms with van der Waals surface area (Å²) in [6, 6.07) is 0. The highest BCUT2D eigenvalue weighted by atomic mass is 31.2. The Bertz CT molecular complexity index is 294. The third-order valence-corrected chi connectivity index (χ3v) is 12.1. The van der Waals surface area contributed by atoms with Crippen molar-refractivity contribution in [2.75, 3.05) is 0 Å². The molecule has 0 N–H and O–H groups in total. The molecule has 0 spiro atoms. The van der Waals surface area contributed by atoms with Crippen LogP contribution in [-0.4, -0.2) is 23.4 Å². The second-order valence-electron chi connectivity index (χ2n) is 7.84. The molecule has 0 amide bonds. The molecule has 126 valence electrons. The van der Waals surface area contributed by atoms with E-state index in [-0.39, 0.29) is 0 Å². The van der Waals surface area contributed by atoms with E-state index in [9.17, 15) is 4.79 Å². The van der Waals surface area contributed by atoms with Crippen LogP contribution in [0, 0.1) is 0 Å². The van der Waals surface area contributed by atoms with Gasteiger partial charge >= 0.3 is 6.47 Å². The van der Waals surface area contributed by atoms with Gasteiger partial charge in [0.15, 0.2) is 0 Å². The van der Waals surface area contributed by atoms with E-state index in [1.54, 1.807) is 0 Å². The monoisotopic (exact) mass is 325 g/mol. The van der Waals surface area contributed by atoms with E-state index in [4.69, 9.17) is 4.52 Å². The third kappa shape index (κ3) is 3.37. The van der Waals surface area contributed by atoms with E-state index in [0.717, 1.165) is 23.4 Å². The van der Waals surface area contributed by atoms with Crippen molar-refractivity contribution in [1.29, 1.82) is 0 Å². The summed E-state index contributed by atoms with van der Waals surface area (Å²) >= 11 is 0. The zero-order valence-corrected chi connectivity index (χ0v) is 15.1. The first kappa shape index (κ1) is 16.7. The predicted molar refractivity (Wildman–Crippen MR) is 94.7 cm³/mol. The van der Waals surface area contributed by atoms with Crippen molar-refractivity contribution < 1.29 is 9.32 Å². The van der Waals surface area contributed by atoms with Crippen molar-refractivity contribution >= 4 is 14.0 Å². The molecule has 3 aliphatic rings. The number of hydrogen-bond donors (Lipinski definition) is 0. The van der Waals surface area contributed by atoms with E-state index in [2.05, 4.69) is 0 Å². The van der Waals surface area contributed by atoms with Gasteiger partial charge in [0.05, 0.1) is 0 Å². The van der Waals surface area contributed by atoms with Crippen LogP contribution in [0.25, 0.3) is 0 Å². The topological polar surface area (TPSA) is 26.3 Å². The summed E-state index contributed by atoms with van der Waals surface area (Å²) < 4.78 is 6.28. The summed E-state index contributed by atoms with van der Waals surface area (Å²) in [5.41, 5.74) is 2.24. The normalized spacial score (nSPS) is 26.7. The maximum absolute atomic E-state index is 11.6. The van der Waals surface area contributed by atoms with Crippen molar-refractivity contribution in [2.45, 2.75) is 113 Å². The second kappa shape index (κ2) is 8.13. The fourth-order valence-electron chi connectivity index (χ4n) is 5.68. The molecule has 3 aliphatic carbocycles. The van der Waals surface area contributed by atoms with Crippen LogP contribution >= 0.6 is 7.49 Å². The Balaban J connectivity index is 1.89. The van der Waals surface area contributed by atoms with Gasteiger partial charge in [0.1, 0.15) is 17.0 Å². The minimum atomic E-state index is -1.59. The summed E-state index contributed by atoms with van der Waals surface area (Å²) in [5.74, 6) is 0. The fourth-order valence-corrected chi connectivity index (χ4v) is 11.7. The average Bonchev–Trinajstić information content (AvgIpc) is 2.62. The van der Waals surface area contributed by atoms with Crippen LogP contribution in [0.3, 0.4) is 0 Å². The smallest absolute Gasteiger partial charge is 0.316 e. The lowest BCUT2D eigenvalue weighted by atomic mass is 9.99. The zero-order chi connectivity index (χ0) is 15.3. The minimum Gasteiger partial charge on any atom is -0.316 e. The summed E-state index contributed by atoms with van der Waals surface area (Å²) in [6.45, 7) is 0.867. The highest BCUT2D eigenvalue weighted by Crippen LogP contribution is 2.77. The molecule has 3 rings (SSSR count). The number of carbonyl (C=O) groups is 1. The minimum absolute atomic E-state index is 0.748. The van der Waals surface area contributed by atoms with Gasteiger partial charge in [0.25, 0.3) is 0 Å². The first-order valence-corrected chi connectivity index (χ1v) is 11.8. The van der Waals surface area contributed by atoms with Gasteiger partial charge in [0, 0.05) is 0 Å². The Morgan fingerprint density at radius 3 is 1.18 bits per heavy atom. The number of hydrogen-bond acceptors (Lipinski definition) is 2. The van der Waals surface area contributed by atoms with Gasteiger partial charge in [-0.1, -0.05) is 19.3 Å². The Hall–Kier alpha value is -0.100. The predicted octanol–water partition coefficient (Wildman–Crippen LogP) is 6.09. The molecule has 0 unspecified atom stereocenters. The standard InChI is InChI=1S/C19H34O2P/c20-16-21-22(17-10-4-1-5-11-17,18-12-6-2-7-13-18)19-14-8-3-9-15-19/h16-19H,1-15H2/q+1. The molecule has 3 saturated carbocycles. The molecule has 22 heavy (non-hydrogen) atoms. The van der Waals surface area contributed by atoms with Gasteiger partial charge in [-0.2, -0.15) is 0 Å². The molecule has 0 aromatic rings. The molecule has 0 bridgehead atoms. The van der Waals surface area contributed by atoms with Gasteiger partial charge in [-0.15, -0.1) is 0 Å². The van der Waals surface area contributed by atoms with Crippen molar-refractivity contribution in [3.05, 3.63) is 0 Å². The quantitative estimate of drug-likeness (QED) is 0.451. The van der Waals surface area contributed by atoms with E-state index >= 15 is 0 Å². The van der Waals surface area contributed by atoms with Crippen LogP contribution in [0.15, 0.2) is 0 Å². The Morgan fingerprint density at radius 1 is 0.591 bits per heavy atom. The van der Waals surface area contributed by atoms with Crippen molar-refractivity contribution in [3.8, 4) is 0 Å². The molecule has 0 atom stereocenters. The zero-order valence-electron chi connectivity index (χ0n) is 14.2. The molecular formula is C19H34O2P+. The van der Waals surface area contributed by atoms with Crippen LogP contribution in [-0.2, 0) is 9.32 Å². The average molecular weight is 325 g/mol. The first-order chi connectivity index (χ1) is 10.9. The maximum Gasteiger partial charge on any atom is 0.338 e. The van der Waals surface area contributed by atoms with Crippen molar-refractivity contribution in [2.24, 2.45) is 0 Å². The Morgan fingerprint density at radius 2 is 0.909 bits per heavy atom. The lowest BCUT2D eigenvalue weighted by Crippen LogP contribution is -2.37. The Kier molecular flexibility index (Phi) is 6.19. The second-order valence-corrected chi connectivity index (χ2v) is 11.8. The SMILES string of the molecule is O=CO[P+](C1CCCCC1)(C1CCCCC1)C1CCCCC1. The summed E-state index contributed by atoms with van der Waals surface area (Å²) in [4.78, 5) is 11.6. The van der Waals surface area contributed by atoms with Gasteiger partial charge < -0.3 is 4.52 Å². The van der Waals surface area contributed by atoms with Gasteiger partial charge in [-0.3, -0.25) is 4.79 Å². The lowest BCUT2D eigenvalue weighted by molar-refractivity contribution is -0.120. The summed E-state index contributed by atoms with van der Waals surface area (Å²) in [7, 11) is -1.59. The largest absolute Gasteiger partial charge is 0.338 e. The highest BCUT2D eigenvalue weighted by Gasteiger charge is 2.60. The first-order valence-electron chi connectivity index (χ1n) is 9.88. The highest BCUT2D eigenvalue weighted by molar-refractivity contribution is 7.73. The van der Waals surface area contributed by atoms with Gasteiger partial charge in [-0.25, -0.2) is 0 Å². The molecular weight excluding hydrogens is 291 g/mol. The fraction of sp³-hybridized carbons (Fsp3) is 0.947. The van der Waals surface area contributed by atoms with Crippen molar-refractivity contribution in [1.82, 2.24) is 0 Å². The lowest BCUT2D eigenvalue weighted by Gasteiger charge is -2.45. The molecule has 0 radical (unpaired) electrons. The van der Waals surface area contributed by atoms with E-state index in [1.165, 1.54) is 96.3 Å². The van der Waals surface area contributed by atoms with Gasteiger partial charge in [0.2, 0.25) is 7.49 Å². The van der Waals surface area contributed by atoms with Gasteiger partial charge in [-0.05, 0) is 77.0 Å². The molecule has 0 heterocycles. The molecule has 3 heteroatoms. The molecule has 0 aromatic heterocycles. The molecule has 0 saturated heterocycles. The molecule has 0 aromatic carbocycles. The van der Waals surface area contributed by atoms with E-state index < -0.39 is 7.49 Å². The van der Waals surface area contributed by atoms with Crippen LogP contribution < -0.4 is 0 Å². The van der Waals surface area contributed by atoms with Crippen molar-refractivity contribution in [3.63, 3.8) is 0 Å². The van der Waals surface area contributed by atoms with E-state index in [1.807, 2.05) is 0 Å². The molecule has 0 aliphatic heterocycles. The van der Waals surface area contributed by atoms with Crippen LogP contribution in [0.2, 0.25) is 0 Å². The van der Waals surface area contributed by atoms with Crippen LogP contribution in [0.1, 0.15) is 96.3 Å². The molecule has 3 fully saturated rings. The summed E-state index contributed by atoms with van der Waals surface area (Å²) in [6.07, 6.45) is 20.5. The number of rotatable bonds is 5.